The fraction of sp³-hybridized carbons (Fsp3) is 0.545. The Hall–Kier alpha value is -0.510. The first-order valence-electron chi connectivity index (χ1n) is 10.7. The number of hydrogen-bond acceptors (Lipinski definition) is 6. The lowest BCUT2D eigenvalue weighted by Crippen LogP contribution is -2.40. The zero-order valence-electron chi connectivity index (χ0n) is 17.2. The molecule has 0 spiro atoms. The van der Waals surface area contributed by atoms with E-state index in [1.165, 1.54) is 0 Å². The molecule has 0 N–H and O–H groups in total. The molecule has 0 radical (unpaired) electrons. The van der Waals surface area contributed by atoms with Crippen molar-refractivity contribution in [1.29, 1.82) is 0 Å². The summed E-state index contributed by atoms with van der Waals surface area (Å²) in [5, 5.41) is 0.637. The van der Waals surface area contributed by atoms with E-state index in [0.29, 0.717) is 35.3 Å². The van der Waals surface area contributed by atoms with Crippen molar-refractivity contribution in [2.24, 2.45) is 17.8 Å². The molecule has 0 aromatic heterocycles. The minimum absolute atomic E-state index is 0.0990. The SMILES string of the molecule is O=C(OC1CCC2CC(C(=O)ON3C(=O)CCC3=O)CCC2C1)c1c(I)ccc(I)c1I. The van der Waals surface area contributed by atoms with Gasteiger partial charge in [-0.3, -0.25) is 9.59 Å². The molecule has 172 valence electrons. The summed E-state index contributed by atoms with van der Waals surface area (Å²) in [5.41, 5.74) is 0.637. The highest BCUT2D eigenvalue weighted by Gasteiger charge is 2.41. The van der Waals surface area contributed by atoms with Crippen molar-refractivity contribution in [1.82, 2.24) is 5.06 Å². The number of carbonyl (C=O) groups is 4. The van der Waals surface area contributed by atoms with E-state index in [2.05, 4.69) is 67.8 Å². The van der Waals surface area contributed by atoms with Gasteiger partial charge in [0.15, 0.2) is 0 Å². The highest BCUT2D eigenvalue weighted by Crippen LogP contribution is 2.44. The van der Waals surface area contributed by atoms with E-state index in [-0.39, 0.29) is 30.8 Å². The predicted octanol–water partition coefficient (Wildman–Crippen LogP) is 4.85. The molecule has 0 bridgehead atoms. The summed E-state index contributed by atoms with van der Waals surface area (Å²) in [6.45, 7) is 0. The van der Waals surface area contributed by atoms with Crippen molar-refractivity contribution >= 4 is 91.5 Å². The molecule has 2 aliphatic carbocycles. The van der Waals surface area contributed by atoms with Crippen LogP contribution in [0.3, 0.4) is 0 Å². The largest absolute Gasteiger partial charge is 0.459 e. The summed E-state index contributed by atoms with van der Waals surface area (Å²) >= 11 is 6.59. The number of halogens is 3. The Balaban J connectivity index is 1.32. The van der Waals surface area contributed by atoms with Gasteiger partial charge in [0.2, 0.25) is 0 Å². The fourth-order valence-electron chi connectivity index (χ4n) is 4.91. The Morgan fingerprint density at radius 3 is 2.22 bits per heavy atom. The molecule has 7 nitrogen and oxygen atoms in total. The van der Waals surface area contributed by atoms with Crippen LogP contribution in [0.1, 0.15) is 61.7 Å². The molecule has 3 aliphatic rings. The monoisotopic (exact) mass is 777 g/mol. The maximum atomic E-state index is 12.9. The lowest BCUT2D eigenvalue weighted by Gasteiger charge is -2.41. The van der Waals surface area contributed by atoms with Crippen molar-refractivity contribution in [3.63, 3.8) is 0 Å². The summed E-state index contributed by atoms with van der Waals surface area (Å²) in [4.78, 5) is 53.9. The molecule has 10 heteroatoms. The van der Waals surface area contributed by atoms with E-state index in [1.807, 2.05) is 12.1 Å². The second-order valence-electron chi connectivity index (χ2n) is 8.58. The van der Waals surface area contributed by atoms with E-state index in [4.69, 9.17) is 9.57 Å². The minimum Gasteiger partial charge on any atom is -0.459 e. The summed E-state index contributed by atoms with van der Waals surface area (Å²) in [6.07, 6.45) is 4.73. The third kappa shape index (κ3) is 5.26. The molecule has 1 heterocycles. The topological polar surface area (TPSA) is 90.0 Å². The van der Waals surface area contributed by atoms with Crippen LogP contribution in [-0.4, -0.2) is 34.9 Å². The van der Waals surface area contributed by atoms with Crippen LogP contribution in [0, 0.1) is 28.5 Å². The van der Waals surface area contributed by atoms with Crippen LogP contribution in [-0.2, 0) is 24.0 Å². The first kappa shape index (κ1) is 24.6. The fourth-order valence-corrected chi connectivity index (χ4v) is 7.24. The summed E-state index contributed by atoms with van der Waals surface area (Å²) < 4.78 is 8.74. The average molecular weight is 777 g/mol. The molecule has 3 fully saturated rings. The number of rotatable bonds is 4. The third-order valence-corrected chi connectivity index (χ3v) is 10.6. The second kappa shape index (κ2) is 10.4. The standard InChI is InChI=1S/C22H22I3NO6/c23-15-5-6-16(24)20(25)19(15)22(30)31-14-4-3-11-9-13(2-1-12(11)10-14)21(29)32-26-17(27)7-8-18(26)28/h5-6,11-14H,1-4,7-10H2. The van der Waals surface area contributed by atoms with Gasteiger partial charge in [-0.25, -0.2) is 9.59 Å². The van der Waals surface area contributed by atoms with Crippen molar-refractivity contribution in [2.45, 2.75) is 57.5 Å². The summed E-state index contributed by atoms with van der Waals surface area (Å²) in [5.74, 6) is -1.19. The molecule has 1 aliphatic heterocycles. The summed E-state index contributed by atoms with van der Waals surface area (Å²) in [7, 11) is 0. The number of fused-ring (bicyclic) bond motifs is 1. The molecule has 1 aromatic rings. The number of nitrogens with zero attached hydrogens (tertiary/aromatic N) is 1. The molecule has 4 unspecified atom stereocenters. The van der Waals surface area contributed by atoms with Crippen LogP contribution in [0.25, 0.3) is 0 Å². The van der Waals surface area contributed by atoms with Crippen LogP contribution in [0.4, 0.5) is 0 Å². The van der Waals surface area contributed by atoms with Crippen LogP contribution < -0.4 is 0 Å². The Morgan fingerprint density at radius 1 is 0.875 bits per heavy atom. The van der Waals surface area contributed by atoms with E-state index in [0.717, 1.165) is 36.4 Å². The Morgan fingerprint density at radius 2 is 1.50 bits per heavy atom. The van der Waals surface area contributed by atoms with E-state index >= 15 is 0 Å². The maximum Gasteiger partial charge on any atom is 0.340 e. The maximum absolute atomic E-state index is 12.9. The lowest BCUT2D eigenvalue weighted by molar-refractivity contribution is -0.202. The molecular formula is C22H22I3NO6. The quantitative estimate of drug-likeness (QED) is 0.188. The highest BCUT2D eigenvalue weighted by atomic mass is 127. The number of amides is 2. The third-order valence-electron chi connectivity index (χ3n) is 6.61. The highest BCUT2D eigenvalue weighted by molar-refractivity contribution is 14.1. The summed E-state index contributed by atoms with van der Waals surface area (Å²) in [6, 6.07) is 3.92. The number of ether oxygens (including phenoxy) is 1. The average Bonchev–Trinajstić information content (AvgIpc) is 3.08. The molecule has 1 saturated heterocycles. The van der Waals surface area contributed by atoms with Gasteiger partial charge in [-0.2, -0.15) is 0 Å². The van der Waals surface area contributed by atoms with Gasteiger partial charge in [-0.05, 0) is 130 Å². The molecule has 2 saturated carbocycles. The van der Waals surface area contributed by atoms with Crippen molar-refractivity contribution in [2.75, 3.05) is 0 Å². The predicted molar refractivity (Wildman–Crippen MR) is 139 cm³/mol. The smallest absolute Gasteiger partial charge is 0.340 e. The van der Waals surface area contributed by atoms with Gasteiger partial charge >= 0.3 is 11.9 Å². The molecule has 4 rings (SSSR count). The minimum atomic E-state index is -0.483. The van der Waals surface area contributed by atoms with Gasteiger partial charge in [0, 0.05) is 23.6 Å². The molecule has 4 atom stereocenters. The molecule has 2 amide bonds. The van der Waals surface area contributed by atoms with E-state index in [9.17, 15) is 19.2 Å². The van der Waals surface area contributed by atoms with Gasteiger partial charge in [0.1, 0.15) is 6.10 Å². The number of carbonyl (C=O) groups excluding carboxylic acids is 4. The Bertz CT molecular complexity index is 951. The van der Waals surface area contributed by atoms with Gasteiger partial charge in [-0.1, -0.05) is 0 Å². The molecule has 1 aromatic carbocycles. The molecular weight excluding hydrogens is 755 g/mol. The van der Waals surface area contributed by atoms with Crippen molar-refractivity contribution in [3.8, 4) is 0 Å². The number of hydroxylamine groups is 2. The van der Waals surface area contributed by atoms with Gasteiger partial charge in [0.25, 0.3) is 11.8 Å². The van der Waals surface area contributed by atoms with Crippen LogP contribution in [0.2, 0.25) is 0 Å². The zero-order chi connectivity index (χ0) is 23.0. The Kier molecular flexibility index (Phi) is 8.00. The first-order valence-corrected chi connectivity index (χ1v) is 13.9. The van der Waals surface area contributed by atoms with E-state index in [1.54, 1.807) is 0 Å². The van der Waals surface area contributed by atoms with Crippen molar-refractivity contribution < 1.29 is 28.8 Å². The Labute approximate surface area is 227 Å². The van der Waals surface area contributed by atoms with Crippen LogP contribution >= 0.6 is 67.8 Å². The number of benzene rings is 1. The number of hydrogen-bond donors (Lipinski definition) is 0. The van der Waals surface area contributed by atoms with Gasteiger partial charge < -0.3 is 9.57 Å². The first-order chi connectivity index (χ1) is 15.2. The van der Waals surface area contributed by atoms with E-state index < -0.39 is 17.8 Å². The number of imide groups is 1. The molecule has 32 heavy (non-hydrogen) atoms. The van der Waals surface area contributed by atoms with Crippen LogP contribution in [0.15, 0.2) is 12.1 Å². The van der Waals surface area contributed by atoms with Crippen molar-refractivity contribution in [3.05, 3.63) is 28.4 Å². The second-order valence-corrected chi connectivity index (χ2v) is 12.0. The van der Waals surface area contributed by atoms with Gasteiger partial charge in [-0.15, -0.1) is 5.06 Å². The number of esters is 1. The van der Waals surface area contributed by atoms with Crippen LogP contribution in [0.5, 0.6) is 0 Å². The lowest BCUT2D eigenvalue weighted by atomic mass is 9.67. The zero-order valence-corrected chi connectivity index (χ0v) is 23.6. The normalized spacial score (nSPS) is 27.8. The van der Waals surface area contributed by atoms with Gasteiger partial charge in [0.05, 0.1) is 11.5 Å².